The molecule has 1 rings (SSSR count). The van der Waals surface area contributed by atoms with Crippen molar-refractivity contribution in [2.75, 3.05) is 13.2 Å². The van der Waals surface area contributed by atoms with E-state index in [-0.39, 0.29) is 5.54 Å². The molecule has 0 fully saturated rings. The molecule has 0 aliphatic heterocycles. The molecule has 0 saturated carbocycles. The minimum absolute atomic E-state index is 0.00826. The van der Waals surface area contributed by atoms with Crippen LogP contribution >= 0.6 is 0 Å². The molecule has 4 nitrogen and oxygen atoms in total. The van der Waals surface area contributed by atoms with Gasteiger partial charge in [0.25, 0.3) is 0 Å². The Bertz CT molecular complexity index is 256. The number of aromatic nitrogens is 3. The predicted octanol–water partition coefficient (Wildman–Crippen LogP) is 4.27. The monoisotopic (exact) mass is 271 g/mol. The minimum atomic E-state index is -0.00826. The summed E-state index contributed by atoms with van der Waals surface area (Å²) in [5, 5.41) is 7.77. The van der Waals surface area contributed by atoms with Crippen molar-refractivity contribution >= 4 is 0 Å². The van der Waals surface area contributed by atoms with Crippen molar-refractivity contribution in [3.8, 4) is 0 Å². The molecule has 114 valence electrons. The van der Waals surface area contributed by atoms with Gasteiger partial charge in [0.1, 0.15) is 0 Å². The average molecular weight is 271 g/mol. The number of rotatable bonds is 6. The van der Waals surface area contributed by atoms with Crippen molar-refractivity contribution in [2.45, 2.75) is 73.3 Å². The van der Waals surface area contributed by atoms with E-state index in [1.54, 1.807) is 6.20 Å². The standard InChI is InChI=1S/C9H17N3O.C4H10.C2H6/c1-4-13-8-5-9(2,3)12-7-6-10-11-12;1-3-4-2;1-2/h6-7H,4-5,8H2,1-3H3;3-4H2,1-2H3;1-2H3. The van der Waals surface area contributed by atoms with Gasteiger partial charge in [0.15, 0.2) is 0 Å². The number of nitrogens with zero attached hydrogens (tertiary/aromatic N) is 3. The van der Waals surface area contributed by atoms with Crippen LogP contribution in [0.4, 0.5) is 0 Å². The van der Waals surface area contributed by atoms with Gasteiger partial charge in [-0.1, -0.05) is 45.7 Å². The van der Waals surface area contributed by atoms with Gasteiger partial charge in [-0.15, -0.1) is 5.10 Å². The van der Waals surface area contributed by atoms with E-state index < -0.39 is 0 Å². The SMILES string of the molecule is CC.CCCC.CCOCCC(C)(C)n1ccnn1. The van der Waals surface area contributed by atoms with Crippen LogP contribution in [0.15, 0.2) is 12.4 Å². The van der Waals surface area contributed by atoms with Crippen LogP contribution in [0.25, 0.3) is 0 Å². The van der Waals surface area contributed by atoms with Crippen molar-refractivity contribution < 1.29 is 4.74 Å². The maximum absolute atomic E-state index is 5.31. The van der Waals surface area contributed by atoms with Gasteiger partial charge in [-0.3, -0.25) is 0 Å². The average Bonchev–Trinajstić information content (AvgIpc) is 2.96. The highest BCUT2D eigenvalue weighted by Crippen LogP contribution is 2.17. The molecule has 0 N–H and O–H groups in total. The zero-order valence-corrected chi connectivity index (χ0v) is 13.9. The Kier molecular flexibility index (Phi) is 14.5. The maximum Gasteiger partial charge on any atom is 0.0693 e. The Hall–Kier alpha value is -0.900. The third-order valence-corrected chi connectivity index (χ3v) is 2.61. The van der Waals surface area contributed by atoms with E-state index in [2.05, 4.69) is 38.0 Å². The van der Waals surface area contributed by atoms with Gasteiger partial charge in [0.05, 0.1) is 11.7 Å². The fraction of sp³-hybridized carbons (Fsp3) is 0.867. The van der Waals surface area contributed by atoms with Crippen LogP contribution in [-0.4, -0.2) is 28.2 Å². The van der Waals surface area contributed by atoms with Crippen molar-refractivity contribution in [1.29, 1.82) is 0 Å². The summed E-state index contributed by atoms with van der Waals surface area (Å²) >= 11 is 0. The number of ether oxygens (including phenoxy) is 1. The molecule has 1 aromatic heterocycles. The van der Waals surface area contributed by atoms with Gasteiger partial charge in [0.2, 0.25) is 0 Å². The highest BCUT2D eigenvalue weighted by Gasteiger charge is 2.20. The third-order valence-electron chi connectivity index (χ3n) is 2.61. The maximum atomic E-state index is 5.31. The van der Waals surface area contributed by atoms with E-state index in [1.165, 1.54) is 12.8 Å². The number of hydrogen-bond donors (Lipinski definition) is 0. The molecule has 0 radical (unpaired) electrons. The second kappa shape index (κ2) is 13.5. The first-order valence-electron chi connectivity index (χ1n) is 7.53. The zero-order valence-electron chi connectivity index (χ0n) is 13.9. The van der Waals surface area contributed by atoms with E-state index in [9.17, 15) is 0 Å². The summed E-state index contributed by atoms with van der Waals surface area (Å²) in [7, 11) is 0. The molecule has 0 aliphatic carbocycles. The van der Waals surface area contributed by atoms with Crippen LogP contribution in [0, 0.1) is 0 Å². The third kappa shape index (κ3) is 10.7. The van der Waals surface area contributed by atoms with Crippen LogP contribution < -0.4 is 0 Å². The van der Waals surface area contributed by atoms with E-state index in [1.807, 2.05) is 31.6 Å². The summed E-state index contributed by atoms with van der Waals surface area (Å²) in [6.45, 7) is 16.2. The molecule has 0 saturated heterocycles. The van der Waals surface area contributed by atoms with Crippen LogP contribution in [0.3, 0.4) is 0 Å². The zero-order chi connectivity index (χ0) is 15.1. The Labute approximate surface area is 119 Å². The predicted molar refractivity (Wildman–Crippen MR) is 82.4 cm³/mol. The first-order valence-corrected chi connectivity index (χ1v) is 7.53. The van der Waals surface area contributed by atoms with E-state index >= 15 is 0 Å². The lowest BCUT2D eigenvalue weighted by atomic mass is 10.0. The lowest BCUT2D eigenvalue weighted by molar-refractivity contribution is 0.112. The van der Waals surface area contributed by atoms with E-state index in [0.717, 1.165) is 19.6 Å². The molecule has 4 heteroatoms. The van der Waals surface area contributed by atoms with Crippen LogP contribution in [-0.2, 0) is 10.3 Å². The van der Waals surface area contributed by atoms with Crippen LogP contribution in [0.2, 0.25) is 0 Å². The Morgan fingerprint density at radius 3 is 2.05 bits per heavy atom. The van der Waals surface area contributed by atoms with E-state index in [0.29, 0.717) is 0 Å². The minimum Gasteiger partial charge on any atom is -0.382 e. The molecule has 0 amide bonds. The summed E-state index contributed by atoms with van der Waals surface area (Å²) in [6, 6.07) is 0. The van der Waals surface area contributed by atoms with E-state index in [4.69, 9.17) is 4.74 Å². The molecule has 0 aromatic carbocycles. The first kappa shape index (κ1) is 20.4. The molecule has 0 bridgehead atoms. The molecular weight excluding hydrogens is 238 g/mol. The molecule has 19 heavy (non-hydrogen) atoms. The van der Waals surface area contributed by atoms with Gasteiger partial charge < -0.3 is 4.74 Å². The topological polar surface area (TPSA) is 39.9 Å². The van der Waals surface area contributed by atoms with Crippen molar-refractivity contribution in [3.05, 3.63) is 12.4 Å². The lowest BCUT2D eigenvalue weighted by Crippen LogP contribution is -2.28. The quantitative estimate of drug-likeness (QED) is 0.725. The Morgan fingerprint density at radius 2 is 1.68 bits per heavy atom. The van der Waals surface area contributed by atoms with Crippen molar-refractivity contribution in [1.82, 2.24) is 15.0 Å². The van der Waals surface area contributed by atoms with Gasteiger partial charge in [-0.25, -0.2) is 4.68 Å². The molecule has 1 heterocycles. The van der Waals surface area contributed by atoms with Crippen molar-refractivity contribution in [3.63, 3.8) is 0 Å². The second-order valence-electron chi connectivity index (χ2n) is 4.61. The summed E-state index contributed by atoms with van der Waals surface area (Å²) in [4.78, 5) is 0. The largest absolute Gasteiger partial charge is 0.382 e. The summed E-state index contributed by atoms with van der Waals surface area (Å²) in [6.07, 6.45) is 7.17. The van der Waals surface area contributed by atoms with Crippen LogP contribution in [0.5, 0.6) is 0 Å². The fourth-order valence-electron chi connectivity index (χ4n) is 1.11. The molecule has 1 aromatic rings. The molecule has 0 atom stereocenters. The lowest BCUT2D eigenvalue weighted by Gasteiger charge is -2.24. The summed E-state index contributed by atoms with van der Waals surface area (Å²) in [5.41, 5.74) is -0.00826. The normalized spacial score (nSPS) is 10.1. The second-order valence-corrected chi connectivity index (χ2v) is 4.61. The van der Waals surface area contributed by atoms with Crippen molar-refractivity contribution in [2.24, 2.45) is 0 Å². The molecular formula is C15H33N3O. The number of hydrogen-bond acceptors (Lipinski definition) is 3. The van der Waals surface area contributed by atoms with Gasteiger partial charge >= 0.3 is 0 Å². The van der Waals surface area contributed by atoms with Crippen LogP contribution in [0.1, 0.15) is 67.7 Å². The molecule has 0 spiro atoms. The highest BCUT2D eigenvalue weighted by molar-refractivity contribution is 4.79. The summed E-state index contributed by atoms with van der Waals surface area (Å²) < 4.78 is 7.17. The van der Waals surface area contributed by atoms with Gasteiger partial charge in [-0.05, 0) is 27.2 Å². The first-order chi connectivity index (χ1) is 9.08. The molecule has 0 aliphatic rings. The smallest absolute Gasteiger partial charge is 0.0693 e. The fourth-order valence-corrected chi connectivity index (χ4v) is 1.11. The Balaban J connectivity index is 0. The summed E-state index contributed by atoms with van der Waals surface area (Å²) in [5.74, 6) is 0. The number of unbranched alkanes of at least 4 members (excludes halogenated alkanes) is 1. The Morgan fingerprint density at radius 1 is 1.11 bits per heavy atom. The van der Waals surface area contributed by atoms with Gasteiger partial charge in [0, 0.05) is 19.4 Å². The highest BCUT2D eigenvalue weighted by atomic mass is 16.5. The molecule has 0 unspecified atom stereocenters. The van der Waals surface area contributed by atoms with Gasteiger partial charge in [-0.2, -0.15) is 0 Å².